The molecule has 0 aliphatic heterocycles. The van der Waals surface area contributed by atoms with E-state index in [1.807, 2.05) is 0 Å². The Bertz CT molecular complexity index is 129. The van der Waals surface area contributed by atoms with Gasteiger partial charge in [0.25, 0.3) is 0 Å². The van der Waals surface area contributed by atoms with Gasteiger partial charge in [0.2, 0.25) is 0 Å². The summed E-state index contributed by atoms with van der Waals surface area (Å²) in [6.07, 6.45) is 0. The smallest absolute Gasteiger partial charge is 0.176 e. The van der Waals surface area contributed by atoms with Gasteiger partial charge in [0.15, 0.2) is 9.04 Å². The minimum atomic E-state index is -1.06. The number of hydrogen-bond donors (Lipinski definition) is 0. The highest BCUT2D eigenvalue weighted by atomic mass is 28.3. The van der Waals surface area contributed by atoms with Gasteiger partial charge in [-0.05, 0) is 19.0 Å². The van der Waals surface area contributed by atoms with E-state index < -0.39 is 17.1 Å². The molecule has 0 fully saturated rings. The van der Waals surface area contributed by atoms with E-state index in [2.05, 4.69) is 47.0 Å². The molecule has 0 saturated carbocycles. The van der Waals surface area contributed by atoms with Crippen molar-refractivity contribution >= 4 is 17.1 Å². The maximum atomic E-state index is 6.08. The molecule has 0 rings (SSSR count). The molecule has 0 aliphatic rings. The Hall–Kier alpha value is 0.394. The molecule has 0 saturated heterocycles. The second kappa shape index (κ2) is 4.58. The van der Waals surface area contributed by atoms with Crippen molar-refractivity contribution in [2.24, 2.45) is 0 Å². The molecule has 0 aliphatic carbocycles. The molecule has 1 unspecified atom stereocenters. The fourth-order valence-electron chi connectivity index (χ4n) is 0.683. The molecule has 12 heavy (non-hydrogen) atoms. The lowest BCUT2D eigenvalue weighted by Crippen LogP contribution is -2.41. The van der Waals surface area contributed by atoms with Crippen LogP contribution in [0.1, 0.15) is 20.8 Å². The fraction of sp³-hybridized carbons (Fsp3) is 1.00. The van der Waals surface area contributed by atoms with Crippen LogP contribution < -0.4 is 0 Å². The van der Waals surface area contributed by atoms with Crippen LogP contribution in [0.5, 0.6) is 0 Å². The number of rotatable bonds is 4. The van der Waals surface area contributed by atoms with E-state index in [1.165, 1.54) is 0 Å². The average Bonchev–Trinajstić information content (AvgIpc) is 1.85. The van der Waals surface area contributed by atoms with Crippen molar-refractivity contribution in [3.8, 4) is 0 Å². The number of hydrogen-bond acceptors (Lipinski definition) is 1. The lowest BCUT2D eigenvalue weighted by atomic mass is 10.6. The standard InChI is InChI=1S/C9H24OSi2/c1-8(2)11(4)10-9(3)12(5,6)7/h8-9,11H,1-7H3/t9?,11-/m1/s1. The fourth-order valence-corrected chi connectivity index (χ4v) is 3.92. The average molecular weight is 204 g/mol. The molecule has 0 heterocycles. The molecule has 0 N–H and O–H groups in total. The lowest BCUT2D eigenvalue weighted by molar-refractivity contribution is 0.288. The predicted octanol–water partition coefficient (Wildman–Crippen LogP) is 3.03. The maximum Gasteiger partial charge on any atom is 0.176 e. The molecule has 0 bridgehead atoms. The molecule has 0 aromatic carbocycles. The van der Waals surface area contributed by atoms with Gasteiger partial charge in [0.05, 0.1) is 8.07 Å². The van der Waals surface area contributed by atoms with E-state index in [4.69, 9.17) is 4.43 Å². The quantitative estimate of drug-likeness (QED) is 0.640. The Labute approximate surface area is 80.3 Å². The van der Waals surface area contributed by atoms with Gasteiger partial charge in [0, 0.05) is 5.73 Å². The highest BCUT2D eigenvalue weighted by molar-refractivity contribution is 6.77. The molecule has 2 atom stereocenters. The van der Waals surface area contributed by atoms with Crippen LogP contribution in [0.4, 0.5) is 0 Å². The molecular weight excluding hydrogens is 180 g/mol. The van der Waals surface area contributed by atoms with Crippen molar-refractivity contribution in [3.05, 3.63) is 0 Å². The summed E-state index contributed by atoms with van der Waals surface area (Å²) in [6, 6.07) is 0. The molecule has 0 amide bonds. The summed E-state index contributed by atoms with van der Waals surface area (Å²) in [6.45, 7) is 16.2. The van der Waals surface area contributed by atoms with Crippen molar-refractivity contribution in [2.45, 2.75) is 58.2 Å². The summed E-state index contributed by atoms with van der Waals surface area (Å²) < 4.78 is 6.08. The lowest BCUT2D eigenvalue weighted by Gasteiger charge is -2.29. The Morgan fingerprint density at radius 1 is 1.08 bits per heavy atom. The Morgan fingerprint density at radius 2 is 1.50 bits per heavy atom. The van der Waals surface area contributed by atoms with Crippen LogP contribution in [-0.4, -0.2) is 22.8 Å². The normalized spacial score (nSPS) is 18.0. The van der Waals surface area contributed by atoms with Crippen LogP contribution in [0.15, 0.2) is 0 Å². The third kappa shape index (κ3) is 4.43. The van der Waals surface area contributed by atoms with Crippen molar-refractivity contribution in [1.29, 1.82) is 0 Å². The summed E-state index contributed by atoms with van der Waals surface area (Å²) in [5, 5.41) is 0. The second-order valence-corrected chi connectivity index (χ2v) is 13.7. The molecule has 3 heteroatoms. The van der Waals surface area contributed by atoms with Crippen molar-refractivity contribution in [3.63, 3.8) is 0 Å². The zero-order valence-electron chi connectivity index (χ0n) is 9.64. The third-order valence-electron chi connectivity index (χ3n) is 2.58. The second-order valence-electron chi connectivity index (χ2n) is 5.09. The van der Waals surface area contributed by atoms with Crippen molar-refractivity contribution < 1.29 is 4.43 Å². The first-order valence-corrected chi connectivity index (χ1v) is 10.8. The molecular formula is C9H24OSi2. The largest absolute Gasteiger partial charge is 0.420 e. The first-order chi connectivity index (χ1) is 5.25. The summed E-state index contributed by atoms with van der Waals surface area (Å²) in [4.78, 5) is 0. The van der Waals surface area contributed by atoms with Crippen molar-refractivity contribution in [1.82, 2.24) is 0 Å². The van der Waals surface area contributed by atoms with E-state index >= 15 is 0 Å². The summed E-state index contributed by atoms with van der Waals surface area (Å²) in [5.74, 6) is 0. The van der Waals surface area contributed by atoms with Crippen LogP contribution in [0, 0.1) is 0 Å². The van der Waals surface area contributed by atoms with Gasteiger partial charge in [-0.15, -0.1) is 0 Å². The molecule has 1 nitrogen and oxygen atoms in total. The maximum absolute atomic E-state index is 6.08. The van der Waals surface area contributed by atoms with E-state index in [1.54, 1.807) is 0 Å². The van der Waals surface area contributed by atoms with E-state index in [0.717, 1.165) is 5.54 Å². The molecule has 74 valence electrons. The van der Waals surface area contributed by atoms with Gasteiger partial charge in [0.1, 0.15) is 0 Å². The predicted molar refractivity (Wildman–Crippen MR) is 62.0 cm³/mol. The monoisotopic (exact) mass is 204 g/mol. The topological polar surface area (TPSA) is 9.23 Å². The first kappa shape index (κ1) is 12.4. The Balaban J connectivity index is 3.93. The van der Waals surface area contributed by atoms with E-state index in [9.17, 15) is 0 Å². The SMILES string of the molecule is CC(C)[Si@@H](C)OC(C)[Si](C)(C)C. The minimum Gasteiger partial charge on any atom is -0.420 e. The van der Waals surface area contributed by atoms with Crippen LogP contribution in [0.25, 0.3) is 0 Å². The highest BCUT2D eigenvalue weighted by Gasteiger charge is 2.25. The van der Waals surface area contributed by atoms with Crippen molar-refractivity contribution in [2.75, 3.05) is 0 Å². The van der Waals surface area contributed by atoms with Crippen LogP contribution in [-0.2, 0) is 4.43 Å². The first-order valence-electron chi connectivity index (χ1n) is 4.90. The van der Waals surface area contributed by atoms with Gasteiger partial charge in [-0.3, -0.25) is 0 Å². The Kier molecular flexibility index (Phi) is 4.73. The van der Waals surface area contributed by atoms with Gasteiger partial charge >= 0.3 is 0 Å². The Morgan fingerprint density at radius 3 is 1.75 bits per heavy atom. The molecule has 0 spiro atoms. The van der Waals surface area contributed by atoms with Crippen LogP contribution >= 0.6 is 0 Å². The van der Waals surface area contributed by atoms with Gasteiger partial charge < -0.3 is 4.43 Å². The zero-order valence-corrected chi connectivity index (χ0v) is 11.8. The van der Waals surface area contributed by atoms with E-state index in [-0.39, 0.29) is 0 Å². The molecule has 0 aromatic rings. The summed E-state index contributed by atoms with van der Waals surface area (Å²) >= 11 is 0. The minimum absolute atomic E-state index is 0.529. The third-order valence-corrected chi connectivity index (χ3v) is 8.14. The molecule has 0 radical (unpaired) electrons. The highest BCUT2D eigenvalue weighted by Crippen LogP contribution is 2.16. The van der Waals surface area contributed by atoms with Gasteiger partial charge in [-0.25, -0.2) is 0 Å². The van der Waals surface area contributed by atoms with E-state index in [0.29, 0.717) is 5.73 Å². The van der Waals surface area contributed by atoms with Crippen LogP contribution in [0.3, 0.4) is 0 Å². The molecule has 0 aromatic heterocycles. The van der Waals surface area contributed by atoms with Gasteiger partial charge in [-0.2, -0.15) is 0 Å². The zero-order chi connectivity index (χ0) is 9.94. The van der Waals surface area contributed by atoms with Crippen LogP contribution in [0.2, 0.25) is 31.7 Å². The van der Waals surface area contributed by atoms with Gasteiger partial charge in [-0.1, -0.05) is 33.5 Å². The summed E-state index contributed by atoms with van der Waals surface area (Å²) in [7, 11) is -1.96. The summed E-state index contributed by atoms with van der Waals surface area (Å²) in [5.41, 5.74) is 1.30.